The largest absolute Gasteiger partial charge is 0.324 e. The number of anilines is 2. The van der Waals surface area contributed by atoms with E-state index in [1.165, 1.54) is 0 Å². The summed E-state index contributed by atoms with van der Waals surface area (Å²) >= 11 is 7.56. The Balaban J connectivity index is 1.76. The van der Waals surface area contributed by atoms with Crippen LogP contribution in [0.5, 0.6) is 0 Å². The highest BCUT2D eigenvalue weighted by Gasteiger charge is 2.23. The fourth-order valence-electron chi connectivity index (χ4n) is 3.40. The molecule has 3 N–H and O–H groups in total. The van der Waals surface area contributed by atoms with Gasteiger partial charge in [0.2, 0.25) is 0 Å². The number of urea groups is 1. The minimum Gasteiger partial charge on any atom is -0.324 e. The number of nitrogens with zero attached hydrogens (tertiary/aromatic N) is 1. The Kier molecular flexibility index (Phi) is 9.76. The molecule has 0 saturated carbocycles. The second-order valence-corrected chi connectivity index (χ2v) is 9.22. The summed E-state index contributed by atoms with van der Waals surface area (Å²) < 4.78 is 0. The Bertz CT molecular complexity index is 1180. The van der Waals surface area contributed by atoms with Gasteiger partial charge in [0, 0.05) is 16.4 Å². The molecule has 3 amide bonds. The second kappa shape index (κ2) is 13.0. The first-order chi connectivity index (χ1) is 16.9. The predicted molar refractivity (Wildman–Crippen MR) is 148 cm³/mol. The van der Waals surface area contributed by atoms with Gasteiger partial charge >= 0.3 is 6.03 Å². The Hall–Kier alpha value is -3.29. The summed E-state index contributed by atoms with van der Waals surface area (Å²) in [6, 6.07) is 20.1. The summed E-state index contributed by atoms with van der Waals surface area (Å²) in [5.74, 6) is -0.353. The van der Waals surface area contributed by atoms with Crippen molar-refractivity contribution in [2.75, 3.05) is 16.9 Å². The van der Waals surface area contributed by atoms with E-state index in [-0.39, 0.29) is 5.91 Å². The molecule has 0 aliphatic rings. The fraction of sp³-hybridized carbons (Fsp3) is 0.222. The molecule has 182 valence electrons. The number of aryl methyl sites for hydroxylation is 1. The van der Waals surface area contributed by atoms with Gasteiger partial charge in [0.1, 0.15) is 6.04 Å². The molecule has 35 heavy (non-hydrogen) atoms. The number of nitrogens with one attached hydrogen (secondary N) is 3. The van der Waals surface area contributed by atoms with Gasteiger partial charge in [-0.1, -0.05) is 55.3 Å². The molecule has 0 unspecified atom stereocenters. The minimum atomic E-state index is -0.894. The van der Waals surface area contributed by atoms with Crippen molar-refractivity contribution >= 4 is 57.4 Å². The fourth-order valence-corrected chi connectivity index (χ4v) is 4.13. The number of amides is 3. The maximum absolute atomic E-state index is 13.2. The maximum atomic E-state index is 13.2. The van der Waals surface area contributed by atoms with Crippen LogP contribution in [0.2, 0.25) is 5.02 Å². The number of halogens is 1. The molecule has 0 aliphatic carbocycles. The van der Waals surface area contributed by atoms with Crippen LogP contribution < -0.4 is 16.0 Å². The number of hydrogen-bond donors (Lipinski definition) is 3. The highest BCUT2D eigenvalue weighted by molar-refractivity contribution is 8.13. The summed E-state index contributed by atoms with van der Waals surface area (Å²) in [6.07, 6.45) is 3.99. The summed E-state index contributed by atoms with van der Waals surface area (Å²) in [5.41, 5.74) is 3.70. The first kappa shape index (κ1) is 26.3. The van der Waals surface area contributed by atoms with E-state index in [9.17, 15) is 9.59 Å². The molecule has 0 radical (unpaired) electrons. The van der Waals surface area contributed by atoms with Crippen molar-refractivity contribution in [2.24, 2.45) is 4.99 Å². The Morgan fingerprint density at radius 3 is 2.29 bits per heavy atom. The molecule has 0 aromatic heterocycles. The average molecular weight is 509 g/mol. The molecule has 0 heterocycles. The summed E-state index contributed by atoms with van der Waals surface area (Å²) in [5, 5.41) is 10.1. The first-order valence-corrected chi connectivity index (χ1v) is 12.9. The quantitative estimate of drug-likeness (QED) is 0.220. The lowest BCUT2D eigenvalue weighted by molar-refractivity contribution is -0.118. The van der Waals surface area contributed by atoms with E-state index < -0.39 is 12.1 Å². The summed E-state index contributed by atoms with van der Waals surface area (Å²) in [6.45, 7) is 4.09. The van der Waals surface area contributed by atoms with Crippen LogP contribution in [0, 0.1) is 6.92 Å². The number of rotatable bonds is 8. The van der Waals surface area contributed by atoms with Crippen molar-refractivity contribution in [1.82, 2.24) is 5.32 Å². The van der Waals surface area contributed by atoms with Gasteiger partial charge in [-0.15, -0.1) is 11.8 Å². The number of carbonyl (C=O) groups is 2. The summed E-state index contributed by atoms with van der Waals surface area (Å²) in [4.78, 5) is 30.7. The molecular weight excluding hydrogens is 480 g/mol. The zero-order valence-electron chi connectivity index (χ0n) is 20.0. The minimum absolute atomic E-state index is 0.353. The van der Waals surface area contributed by atoms with Gasteiger partial charge in [-0.25, -0.2) is 9.79 Å². The second-order valence-electron chi connectivity index (χ2n) is 7.90. The van der Waals surface area contributed by atoms with Gasteiger partial charge in [-0.2, -0.15) is 0 Å². The van der Waals surface area contributed by atoms with E-state index in [0.717, 1.165) is 29.1 Å². The van der Waals surface area contributed by atoms with E-state index in [4.69, 9.17) is 16.6 Å². The smallest absolute Gasteiger partial charge is 0.320 e. The molecule has 1 atom stereocenters. The maximum Gasteiger partial charge on any atom is 0.320 e. The van der Waals surface area contributed by atoms with Crippen LogP contribution >= 0.6 is 23.4 Å². The van der Waals surface area contributed by atoms with Crippen molar-refractivity contribution in [1.29, 1.82) is 0 Å². The van der Waals surface area contributed by atoms with Crippen LogP contribution in [0.15, 0.2) is 77.8 Å². The molecule has 0 bridgehead atoms. The van der Waals surface area contributed by atoms with Crippen molar-refractivity contribution in [2.45, 2.75) is 32.7 Å². The lowest BCUT2D eigenvalue weighted by Crippen LogP contribution is -2.39. The highest BCUT2D eigenvalue weighted by atomic mass is 35.5. The molecule has 3 rings (SSSR count). The molecule has 0 aliphatic heterocycles. The van der Waals surface area contributed by atoms with Crippen LogP contribution in [0.25, 0.3) is 0 Å². The number of benzene rings is 3. The molecule has 3 aromatic carbocycles. The van der Waals surface area contributed by atoms with E-state index in [2.05, 4.69) is 22.9 Å². The van der Waals surface area contributed by atoms with Crippen LogP contribution in [0.1, 0.15) is 36.9 Å². The van der Waals surface area contributed by atoms with Crippen molar-refractivity contribution in [3.05, 3.63) is 88.9 Å². The zero-order chi connectivity index (χ0) is 25.2. The predicted octanol–water partition coefficient (Wildman–Crippen LogP) is 7.34. The van der Waals surface area contributed by atoms with E-state index in [1.807, 2.05) is 49.6 Å². The normalized spacial score (nSPS) is 12.1. The van der Waals surface area contributed by atoms with Crippen LogP contribution in [0.3, 0.4) is 0 Å². The SMILES string of the molecule is CCCC(=Nc1ccc(NC(=O)[C@H](NC(=O)Nc2ccc(Cl)cc2)c2ccccc2)cc1C)SC. The zero-order valence-corrected chi connectivity index (χ0v) is 21.5. The van der Waals surface area contributed by atoms with Gasteiger partial charge < -0.3 is 16.0 Å². The monoisotopic (exact) mass is 508 g/mol. The number of hydrogen-bond acceptors (Lipinski definition) is 4. The Morgan fingerprint density at radius 1 is 0.971 bits per heavy atom. The molecule has 0 saturated heterocycles. The van der Waals surface area contributed by atoms with Gasteiger partial charge in [0.05, 0.1) is 10.7 Å². The van der Waals surface area contributed by atoms with Crippen LogP contribution in [-0.2, 0) is 4.79 Å². The third-order valence-electron chi connectivity index (χ3n) is 5.18. The van der Waals surface area contributed by atoms with Gasteiger partial charge in [0.25, 0.3) is 5.91 Å². The van der Waals surface area contributed by atoms with E-state index in [1.54, 1.807) is 48.2 Å². The van der Waals surface area contributed by atoms with Crippen LogP contribution in [0.4, 0.5) is 21.9 Å². The first-order valence-electron chi connectivity index (χ1n) is 11.3. The van der Waals surface area contributed by atoms with Crippen molar-refractivity contribution in [3.63, 3.8) is 0 Å². The lowest BCUT2D eigenvalue weighted by atomic mass is 10.1. The van der Waals surface area contributed by atoms with Gasteiger partial charge in [-0.3, -0.25) is 4.79 Å². The molecular formula is C27H29ClN4O2S. The van der Waals surface area contributed by atoms with Gasteiger partial charge in [-0.05, 0) is 73.2 Å². The number of carbonyl (C=O) groups excluding carboxylic acids is 2. The topological polar surface area (TPSA) is 82.6 Å². The van der Waals surface area contributed by atoms with E-state index in [0.29, 0.717) is 22.0 Å². The summed E-state index contributed by atoms with van der Waals surface area (Å²) in [7, 11) is 0. The molecule has 8 heteroatoms. The standard InChI is InChI=1S/C27H29ClN4O2S/c1-4-8-24(35-3)31-23-16-15-22(17-18(23)2)29-26(33)25(19-9-6-5-7-10-19)32-27(34)30-21-13-11-20(28)12-14-21/h5-7,9-17,25H,4,8H2,1-3H3,(H,29,33)(H2,30,32,34)/t25-/m1/s1. The number of thioether (sulfide) groups is 1. The van der Waals surface area contributed by atoms with E-state index >= 15 is 0 Å². The Morgan fingerprint density at radius 2 is 1.66 bits per heavy atom. The molecule has 6 nitrogen and oxygen atoms in total. The molecule has 0 fully saturated rings. The van der Waals surface area contributed by atoms with Crippen molar-refractivity contribution < 1.29 is 9.59 Å². The van der Waals surface area contributed by atoms with Crippen LogP contribution in [-0.4, -0.2) is 23.2 Å². The molecule has 0 spiro atoms. The van der Waals surface area contributed by atoms with Crippen molar-refractivity contribution in [3.8, 4) is 0 Å². The third kappa shape index (κ3) is 7.87. The number of aliphatic imine (C=N–C) groups is 1. The Labute approximate surface area is 215 Å². The third-order valence-corrected chi connectivity index (χ3v) is 6.20. The van der Waals surface area contributed by atoms with Gasteiger partial charge in [0.15, 0.2) is 0 Å². The lowest BCUT2D eigenvalue weighted by Gasteiger charge is -2.20. The average Bonchev–Trinajstić information content (AvgIpc) is 2.85. The molecule has 3 aromatic rings. The highest BCUT2D eigenvalue weighted by Crippen LogP contribution is 2.26.